The molecule has 0 fully saturated rings. The monoisotopic (exact) mass is 163 g/mol. The van der Waals surface area contributed by atoms with Crippen LogP contribution >= 0.6 is 0 Å². The molecule has 1 aromatic heterocycles. The first-order chi connectivity index (χ1) is 5.75. The van der Waals surface area contributed by atoms with E-state index in [1.807, 2.05) is 6.92 Å². The molecule has 0 radical (unpaired) electrons. The molecule has 0 saturated heterocycles. The fraction of sp³-hybridized carbons (Fsp3) is 0.100. The number of hydrogen-bond donors (Lipinski definition) is 1. The summed E-state index contributed by atoms with van der Waals surface area (Å²) in [7, 11) is 0. The van der Waals surface area contributed by atoms with Crippen molar-refractivity contribution in [3.05, 3.63) is 42.4 Å². The molecule has 2 nitrogen and oxygen atoms in total. The Labute approximate surface area is 71.5 Å². The number of aromatic hydroxyl groups is 1. The lowest BCUT2D eigenvalue weighted by Gasteiger charge is -1.94. The Balaban J connectivity index is 3.12. The molecule has 0 aliphatic heterocycles. The van der Waals surface area contributed by atoms with Crippen molar-refractivity contribution in [2.24, 2.45) is 0 Å². The summed E-state index contributed by atoms with van der Waals surface area (Å²) in [5.74, 6) is 0.146. The van der Waals surface area contributed by atoms with Crippen LogP contribution in [0, 0.1) is 6.92 Å². The van der Waals surface area contributed by atoms with E-state index < -0.39 is 0 Å². The maximum absolute atomic E-state index is 9.34. The molecule has 0 aromatic carbocycles. The predicted octanol–water partition coefficient (Wildman–Crippen LogP) is 2.77. The number of hydrogen-bond acceptors (Lipinski definition) is 1. The fourth-order valence-electron chi connectivity index (χ4n) is 0.911. The Hall–Kier alpha value is -1.57. The highest BCUT2D eigenvalue weighted by Gasteiger charge is 2.07. The van der Waals surface area contributed by atoms with Gasteiger partial charge in [0.15, 0.2) is 0 Å². The molecule has 0 aliphatic carbocycles. The predicted molar refractivity (Wildman–Crippen MR) is 48.7 cm³/mol. The van der Waals surface area contributed by atoms with Crippen LogP contribution in [0.3, 0.4) is 0 Å². The van der Waals surface area contributed by atoms with Crippen molar-refractivity contribution in [2.75, 3.05) is 0 Å². The maximum Gasteiger partial charge on any atom is 0.359 e. The highest BCUT2D eigenvalue weighted by molar-refractivity contribution is 5.59. The van der Waals surface area contributed by atoms with E-state index in [1.54, 1.807) is 24.5 Å². The molecule has 0 amide bonds. The van der Waals surface area contributed by atoms with Crippen molar-refractivity contribution in [3.63, 3.8) is 0 Å². The molecule has 0 saturated carbocycles. The van der Waals surface area contributed by atoms with Gasteiger partial charge in [0.25, 0.3) is 0 Å². The molecule has 62 valence electrons. The fourth-order valence-corrected chi connectivity index (χ4v) is 0.911. The van der Waals surface area contributed by atoms with Gasteiger partial charge in [-0.05, 0) is 6.92 Å². The van der Waals surface area contributed by atoms with E-state index in [2.05, 4.69) is 6.58 Å². The van der Waals surface area contributed by atoms with Gasteiger partial charge in [0.2, 0.25) is 5.75 Å². The van der Waals surface area contributed by atoms with Crippen molar-refractivity contribution in [2.45, 2.75) is 6.92 Å². The van der Waals surface area contributed by atoms with Crippen LogP contribution in [0.5, 0.6) is 5.75 Å². The van der Waals surface area contributed by atoms with Gasteiger partial charge in [-0.25, -0.2) is 4.42 Å². The van der Waals surface area contributed by atoms with Gasteiger partial charge in [-0.15, -0.1) is 0 Å². The average molecular weight is 163 g/mol. The van der Waals surface area contributed by atoms with Crippen LogP contribution < -0.4 is 0 Å². The lowest BCUT2D eigenvalue weighted by atomic mass is 10.1. The zero-order valence-electron chi connectivity index (χ0n) is 6.95. The van der Waals surface area contributed by atoms with Crippen molar-refractivity contribution >= 4 is 6.08 Å². The first-order valence-corrected chi connectivity index (χ1v) is 3.64. The number of allylic oxidation sites excluding steroid dienone is 2. The summed E-state index contributed by atoms with van der Waals surface area (Å²) in [5.41, 5.74) is 1.66. The van der Waals surface area contributed by atoms with Crippen LogP contribution in [0.2, 0.25) is 0 Å². The third-order valence-corrected chi connectivity index (χ3v) is 1.52. The van der Waals surface area contributed by atoms with Crippen LogP contribution in [0.25, 0.3) is 6.08 Å². The third kappa shape index (κ3) is 1.72. The van der Waals surface area contributed by atoms with Crippen LogP contribution in [0.15, 0.2) is 35.7 Å². The van der Waals surface area contributed by atoms with Crippen LogP contribution in [0.1, 0.15) is 11.1 Å². The Morgan fingerprint density at radius 1 is 1.50 bits per heavy atom. The van der Waals surface area contributed by atoms with Crippen molar-refractivity contribution in [1.82, 2.24) is 0 Å². The van der Waals surface area contributed by atoms with Gasteiger partial charge < -0.3 is 5.11 Å². The summed E-state index contributed by atoms with van der Waals surface area (Å²) in [6.45, 7) is 5.41. The first-order valence-electron chi connectivity index (χ1n) is 3.64. The lowest BCUT2D eigenvalue weighted by Crippen LogP contribution is -1.79. The molecular weight excluding hydrogens is 152 g/mol. The zero-order valence-corrected chi connectivity index (χ0v) is 6.95. The smallest absolute Gasteiger partial charge is 0.359 e. The first kappa shape index (κ1) is 8.53. The van der Waals surface area contributed by atoms with Gasteiger partial charge in [0.05, 0.1) is 5.56 Å². The lowest BCUT2D eigenvalue weighted by molar-refractivity contribution is 0.431. The molecule has 2 heteroatoms. The Morgan fingerprint density at radius 2 is 2.25 bits per heavy atom. The zero-order chi connectivity index (χ0) is 8.97. The van der Waals surface area contributed by atoms with E-state index in [-0.39, 0.29) is 5.75 Å². The molecule has 0 bridgehead atoms. The van der Waals surface area contributed by atoms with E-state index in [9.17, 15) is 5.11 Å². The minimum absolute atomic E-state index is 0.146. The number of rotatable bonds is 2. The van der Waals surface area contributed by atoms with Gasteiger partial charge >= 0.3 is 12.5 Å². The molecule has 1 aromatic rings. The summed E-state index contributed by atoms with van der Waals surface area (Å²) in [5, 5.41) is 9.34. The summed E-state index contributed by atoms with van der Waals surface area (Å²) in [4.78, 5) is 0. The second kappa shape index (κ2) is 3.72. The largest absolute Gasteiger partial charge is 0.500 e. The van der Waals surface area contributed by atoms with Crippen LogP contribution in [-0.2, 0) is 0 Å². The standard InChI is InChI=1S/C10H10O2/c1-3-4-5-9-8(2)6-12-7-10(9)11/h3-7H,1H2,2H3/p+1. The van der Waals surface area contributed by atoms with E-state index in [1.165, 1.54) is 6.26 Å². The SMILES string of the molecule is C=CC=Cc1c(C)c[o+]cc1O. The highest BCUT2D eigenvalue weighted by atomic mass is 16.3. The summed E-state index contributed by atoms with van der Waals surface area (Å²) < 4.78 is 4.85. The molecule has 0 unspecified atom stereocenters. The molecule has 0 aliphatic rings. The molecule has 1 N–H and O–H groups in total. The third-order valence-electron chi connectivity index (χ3n) is 1.52. The molecule has 1 rings (SSSR count). The molecule has 1 heterocycles. The summed E-state index contributed by atoms with van der Waals surface area (Å²) in [6.07, 6.45) is 8.09. The van der Waals surface area contributed by atoms with E-state index in [0.717, 1.165) is 11.1 Å². The summed E-state index contributed by atoms with van der Waals surface area (Å²) >= 11 is 0. The second-order valence-corrected chi connectivity index (χ2v) is 2.45. The van der Waals surface area contributed by atoms with Crippen LogP contribution in [0.4, 0.5) is 0 Å². The van der Waals surface area contributed by atoms with Crippen molar-refractivity contribution < 1.29 is 9.52 Å². The van der Waals surface area contributed by atoms with E-state index >= 15 is 0 Å². The van der Waals surface area contributed by atoms with Gasteiger partial charge in [0.1, 0.15) is 0 Å². The van der Waals surface area contributed by atoms with Gasteiger partial charge in [-0.1, -0.05) is 24.8 Å². The van der Waals surface area contributed by atoms with Crippen molar-refractivity contribution in [1.29, 1.82) is 0 Å². The molecular formula is C10H11O2+. The van der Waals surface area contributed by atoms with Crippen molar-refractivity contribution in [3.8, 4) is 5.75 Å². The normalized spacial score (nSPS) is 10.4. The van der Waals surface area contributed by atoms with E-state index in [0.29, 0.717) is 0 Å². The molecule has 0 spiro atoms. The highest BCUT2D eigenvalue weighted by Crippen LogP contribution is 2.21. The average Bonchev–Trinajstić information content (AvgIpc) is 2.04. The van der Waals surface area contributed by atoms with Gasteiger partial charge in [-0.2, -0.15) is 0 Å². The Kier molecular flexibility index (Phi) is 2.64. The maximum atomic E-state index is 9.34. The topological polar surface area (TPSA) is 31.5 Å². The van der Waals surface area contributed by atoms with Gasteiger partial charge in [-0.3, -0.25) is 0 Å². The second-order valence-electron chi connectivity index (χ2n) is 2.45. The minimum atomic E-state index is 0.146. The summed E-state index contributed by atoms with van der Waals surface area (Å²) in [6, 6.07) is 0. The quantitative estimate of drug-likeness (QED) is 0.537. The molecule has 12 heavy (non-hydrogen) atoms. The van der Waals surface area contributed by atoms with E-state index in [4.69, 9.17) is 4.42 Å². The minimum Gasteiger partial charge on any atom is -0.500 e. The van der Waals surface area contributed by atoms with Crippen LogP contribution in [-0.4, -0.2) is 5.11 Å². The Morgan fingerprint density at radius 3 is 2.83 bits per heavy atom. The van der Waals surface area contributed by atoms with Gasteiger partial charge in [0, 0.05) is 5.56 Å². The Bertz CT molecular complexity index is 293. The number of aryl methyl sites for hydroxylation is 1. The molecule has 0 atom stereocenters.